The fraction of sp³-hybridized carbons (Fsp3) is 0.176. The van der Waals surface area contributed by atoms with E-state index in [4.69, 9.17) is 0 Å². The highest BCUT2D eigenvalue weighted by atomic mass is 19.2. The van der Waals surface area contributed by atoms with Gasteiger partial charge in [0.05, 0.1) is 0 Å². The third kappa shape index (κ3) is 2.81. The van der Waals surface area contributed by atoms with E-state index in [0.29, 0.717) is 6.54 Å². The number of rotatable bonds is 4. The van der Waals surface area contributed by atoms with E-state index in [9.17, 15) is 8.78 Å². The van der Waals surface area contributed by atoms with Crippen molar-refractivity contribution in [3.8, 4) is 0 Å². The topological polar surface area (TPSA) is 17.0 Å². The summed E-state index contributed by atoms with van der Waals surface area (Å²) in [7, 11) is 1.92. The van der Waals surface area contributed by atoms with Crippen molar-refractivity contribution in [2.75, 3.05) is 7.05 Å². The van der Waals surface area contributed by atoms with Gasteiger partial charge in [0, 0.05) is 24.8 Å². The maximum Gasteiger partial charge on any atom is 0.159 e. The van der Waals surface area contributed by atoms with Crippen LogP contribution < -0.4 is 5.32 Å². The van der Waals surface area contributed by atoms with Crippen LogP contribution in [0.4, 0.5) is 8.78 Å². The van der Waals surface area contributed by atoms with Crippen LogP contribution in [0.15, 0.2) is 48.7 Å². The summed E-state index contributed by atoms with van der Waals surface area (Å²) in [5, 5.41) is 4.27. The number of nitrogens with zero attached hydrogens (tertiary/aromatic N) is 1. The van der Waals surface area contributed by atoms with E-state index in [1.807, 2.05) is 23.9 Å². The zero-order chi connectivity index (χ0) is 14.8. The first-order valence-corrected chi connectivity index (χ1v) is 6.83. The molecule has 0 bridgehead atoms. The van der Waals surface area contributed by atoms with E-state index < -0.39 is 11.6 Å². The third-order valence-corrected chi connectivity index (χ3v) is 3.55. The molecule has 108 valence electrons. The van der Waals surface area contributed by atoms with Crippen LogP contribution in [0.25, 0.3) is 10.9 Å². The summed E-state index contributed by atoms with van der Waals surface area (Å²) in [6.07, 6.45) is 1.97. The zero-order valence-corrected chi connectivity index (χ0v) is 11.7. The molecule has 0 atom stereocenters. The predicted octanol–water partition coefficient (Wildman–Crippen LogP) is 3.69. The van der Waals surface area contributed by atoms with Crippen LogP contribution in [-0.4, -0.2) is 11.6 Å². The first-order chi connectivity index (χ1) is 10.2. The Kier molecular flexibility index (Phi) is 3.71. The van der Waals surface area contributed by atoms with Crippen LogP contribution in [0, 0.1) is 11.6 Å². The van der Waals surface area contributed by atoms with Gasteiger partial charge in [-0.2, -0.15) is 0 Å². The molecular formula is C17H16F2N2. The van der Waals surface area contributed by atoms with Crippen molar-refractivity contribution in [1.82, 2.24) is 9.88 Å². The molecule has 0 aliphatic heterocycles. The number of hydrogen-bond acceptors (Lipinski definition) is 1. The predicted molar refractivity (Wildman–Crippen MR) is 80.2 cm³/mol. The number of fused-ring (bicyclic) bond motifs is 1. The van der Waals surface area contributed by atoms with E-state index in [-0.39, 0.29) is 0 Å². The summed E-state index contributed by atoms with van der Waals surface area (Å²) in [5.41, 5.74) is 3.04. The SMILES string of the molecule is CNCc1ccc2c(ccn2Cc2ccc(F)c(F)c2)c1. The second-order valence-corrected chi connectivity index (χ2v) is 5.12. The molecule has 0 amide bonds. The summed E-state index contributed by atoms with van der Waals surface area (Å²) in [6, 6.07) is 12.3. The van der Waals surface area contributed by atoms with Gasteiger partial charge in [-0.25, -0.2) is 8.78 Å². The molecule has 2 nitrogen and oxygen atoms in total. The molecule has 4 heteroatoms. The van der Waals surface area contributed by atoms with Crippen LogP contribution in [0.3, 0.4) is 0 Å². The molecule has 3 aromatic rings. The van der Waals surface area contributed by atoms with Gasteiger partial charge in [0.2, 0.25) is 0 Å². The lowest BCUT2D eigenvalue weighted by atomic mass is 10.1. The fourth-order valence-corrected chi connectivity index (χ4v) is 2.54. The molecular weight excluding hydrogens is 270 g/mol. The molecule has 1 N–H and O–H groups in total. The first kappa shape index (κ1) is 13.8. The molecule has 3 rings (SSSR count). The Morgan fingerprint density at radius 2 is 1.76 bits per heavy atom. The maximum absolute atomic E-state index is 13.3. The highest BCUT2D eigenvalue weighted by Crippen LogP contribution is 2.19. The van der Waals surface area contributed by atoms with E-state index in [2.05, 4.69) is 23.5 Å². The second-order valence-electron chi connectivity index (χ2n) is 5.12. The van der Waals surface area contributed by atoms with Crippen molar-refractivity contribution in [3.05, 3.63) is 71.4 Å². The molecule has 0 unspecified atom stereocenters. The zero-order valence-electron chi connectivity index (χ0n) is 11.7. The number of benzene rings is 2. The maximum atomic E-state index is 13.3. The van der Waals surface area contributed by atoms with Crippen molar-refractivity contribution in [2.45, 2.75) is 13.1 Å². The monoisotopic (exact) mass is 286 g/mol. The Hall–Kier alpha value is -2.20. The van der Waals surface area contributed by atoms with Crippen LogP contribution in [-0.2, 0) is 13.1 Å². The number of halogens is 2. The second kappa shape index (κ2) is 5.66. The highest BCUT2D eigenvalue weighted by Gasteiger charge is 2.06. The van der Waals surface area contributed by atoms with Gasteiger partial charge in [-0.05, 0) is 53.9 Å². The Bertz CT molecular complexity index is 778. The van der Waals surface area contributed by atoms with Gasteiger partial charge < -0.3 is 9.88 Å². The third-order valence-electron chi connectivity index (χ3n) is 3.55. The minimum absolute atomic E-state index is 0.520. The Morgan fingerprint density at radius 3 is 2.52 bits per heavy atom. The first-order valence-electron chi connectivity index (χ1n) is 6.83. The van der Waals surface area contributed by atoms with Gasteiger partial charge in [0.25, 0.3) is 0 Å². The van der Waals surface area contributed by atoms with Crippen molar-refractivity contribution >= 4 is 10.9 Å². The van der Waals surface area contributed by atoms with E-state index in [1.54, 1.807) is 6.07 Å². The lowest BCUT2D eigenvalue weighted by molar-refractivity contribution is 0.506. The molecule has 0 fully saturated rings. The summed E-state index contributed by atoms with van der Waals surface area (Å²) < 4.78 is 28.3. The number of hydrogen-bond donors (Lipinski definition) is 1. The van der Waals surface area contributed by atoms with Crippen LogP contribution >= 0.6 is 0 Å². The summed E-state index contributed by atoms with van der Waals surface area (Å²) in [4.78, 5) is 0. The van der Waals surface area contributed by atoms with Crippen molar-refractivity contribution in [3.63, 3.8) is 0 Å². The average molecular weight is 286 g/mol. The largest absolute Gasteiger partial charge is 0.343 e. The molecule has 1 aromatic heterocycles. The molecule has 0 aliphatic rings. The van der Waals surface area contributed by atoms with E-state index in [1.165, 1.54) is 17.7 Å². The van der Waals surface area contributed by atoms with Crippen LogP contribution in [0.2, 0.25) is 0 Å². The van der Waals surface area contributed by atoms with Gasteiger partial charge in [-0.3, -0.25) is 0 Å². The summed E-state index contributed by atoms with van der Waals surface area (Å²) in [6.45, 7) is 1.34. The van der Waals surface area contributed by atoms with Crippen LogP contribution in [0.5, 0.6) is 0 Å². The number of nitrogens with one attached hydrogen (secondary N) is 1. The highest BCUT2D eigenvalue weighted by molar-refractivity contribution is 5.81. The van der Waals surface area contributed by atoms with Gasteiger partial charge >= 0.3 is 0 Å². The summed E-state index contributed by atoms with van der Waals surface area (Å²) >= 11 is 0. The molecule has 2 aromatic carbocycles. The minimum Gasteiger partial charge on any atom is -0.343 e. The Balaban J connectivity index is 1.91. The Labute approximate surface area is 122 Å². The molecule has 0 radical (unpaired) electrons. The fourth-order valence-electron chi connectivity index (χ4n) is 2.54. The van der Waals surface area contributed by atoms with Crippen molar-refractivity contribution in [1.29, 1.82) is 0 Å². The lowest BCUT2D eigenvalue weighted by Gasteiger charge is -2.07. The summed E-state index contributed by atoms with van der Waals surface area (Å²) in [5.74, 6) is -1.62. The lowest BCUT2D eigenvalue weighted by Crippen LogP contribution is -2.04. The van der Waals surface area contributed by atoms with E-state index in [0.717, 1.165) is 23.0 Å². The Morgan fingerprint density at radius 1 is 0.952 bits per heavy atom. The van der Waals surface area contributed by atoms with Crippen molar-refractivity contribution < 1.29 is 8.78 Å². The van der Waals surface area contributed by atoms with Crippen LogP contribution in [0.1, 0.15) is 11.1 Å². The van der Waals surface area contributed by atoms with Gasteiger partial charge in [0.1, 0.15) is 0 Å². The molecule has 0 aliphatic carbocycles. The van der Waals surface area contributed by atoms with Gasteiger partial charge in [-0.1, -0.05) is 12.1 Å². The number of aromatic nitrogens is 1. The molecule has 21 heavy (non-hydrogen) atoms. The smallest absolute Gasteiger partial charge is 0.159 e. The standard InChI is InChI=1S/C17H16F2N2/c1-20-10-12-3-5-17-14(8-12)6-7-21(17)11-13-2-4-15(18)16(19)9-13/h2-9,20H,10-11H2,1H3. The molecule has 0 saturated heterocycles. The molecule has 1 heterocycles. The normalized spacial score (nSPS) is 11.2. The van der Waals surface area contributed by atoms with Crippen molar-refractivity contribution in [2.24, 2.45) is 0 Å². The molecule has 0 saturated carbocycles. The van der Waals surface area contributed by atoms with Gasteiger partial charge in [0.15, 0.2) is 11.6 Å². The van der Waals surface area contributed by atoms with E-state index >= 15 is 0 Å². The molecule has 0 spiro atoms. The minimum atomic E-state index is -0.812. The quantitative estimate of drug-likeness (QED) is 0.774. The average Bonchev–Trinajstić information content (AvgIpc) is 2.86. The van der Waals surface area contributed by atoms with Gasteiger partial charge in [-0.15, -0.1) is 0 Å².